The van der Waals surface area contributed by atoms with Crippen LogP contribution in [0.1, 0.15) is 15.9 Å². The smallest absolute Gasteiger partial charge is 0.339 e. The predicted octanol–water partition coefficient (Wildman–Crippen LogP) is 1.32. The topological polar surface area (TPSA) is 102 Å². The molecule has 100 valence electrons. The van der Waals surface area contributed by atoms with E-state index in [0.717, 1.165) is 0 Å². The highest BCUT2D eigenvalue weighted by atomic mass is 16.5. The van der Waals surface area contributed by atoms with Crippen LogP contribution in [0.4, 0.5) is 0 Å². The highest BCUT2D eigenvalue weighted by Crippen LogP contribution is 2.28. The van der Waals surface area contributed by atoms with Crippen LogP contribution in [-0.2, 0) is 0 Å². The first-order chi connectivity index (χ1) is 9.66. The van der Waals surface area contributed by atoms with E-state index < -0.39 is 5.97 Å². The maximum absolute atomic E-state index is 11.2. The van der Waals surface area contributed by atoms with Gasteiger partial charge in [-0.1, -0.05) is 12.1 Å². The summed E-state index contributed by atoms with van der Waals surface area (Å²) in [6, 6.07) is 4.88. The molecule has 0 fully saturated rings. The average Bonchev–Trinajstić information content (AvgIpc) is 2.90. The van der Waals surface area contributed by atoms with Gasteiger partial charge in [-0.25, -0.2) is 4.79 Å². The number of carbonyl (C=O) groups is 1. The lowest BCUT2D eigenvalue weighted by molar-refractivity contribution is 0.0694. The second-order valence-corrected chi connectivity index (χ2v) is 4.05. The van der Waals surface area contributed by atoms with Crippen molar-refractivity contribution in [1.29, 1.82) is 0 Å². The van der Waals surface area contributed by atoms with E-state index in [1.807, 2.05) is 0 Å². The van der Waals surface area contributed by atoms with Crippen LogP contribution in [-0.4, -0.2) is 36.1 Å². The molecule has 0 radical (unpaired) electrons. The van der Waals surface area contributed by atoms with Gasteiger partial charge < -0.3 is 9.84 Å². The molecule has 1 aromatic carbocycles. The van der Waals surface area contributed by atoms with Crippen molar-refractivity contribution in [3.05, 3.63) is 41.7 Å². The number of ether oxygens (including phenoxy) is 1. The van der Waals surface area contributed by atoms with E-state index in [2.05, 4.69) is 20.5 Å². The zero-order chi connectivity index (χ0) is 14.1. The van der Waals surface area contributed by atoms with Crippen LogP contribution in [0, 0.1) is 6.92 Å². The summed E-state index contributed by atoms with van der Waals surface area (Å²) in [4.78, 5) is 15.2. The predicted molar refractivity (Wildman–Crippen MR) is 66.8 cm³/mol. The van der Waals surface area contributed by atoms with Crippen LogP contribution in [0.5, 0.6) is 11.6 Å². The number of benzene rings is 1. The molecule has 0 aliphatic rings. The Morgan fingerprint density at radius 3 is 3.00 bits per heavy atom. The number of tetrazole rings is 1. The molecule has 0 aliphatic carbocycles. The van der Waals surface area contributed by atoms with Gasteiger partial charge in [0, 0.05) is 0 Å². The number of aromatic carboxylic acids is 1. The highest BCUT2D eigenvalue weighted by Gasteiger charge is 2.16. The van der Waals surface area contributed by atoms with Gasteiger partial charge in [-0.3, -0.25) is 4.98 Å². The second-order valence-electron chi connectivity index (χ2n) is 4.05. The Bertz CT molecular complexity index is 799. The molecule has 20 heavy (non-hydrogen) atoms. The summed E-state index contributed by atoms with van der Waals surface area (Å²) in [7, 11) is 0. The van der Waals surface area contributed by atoms with Crippen molar-refractivity contribution in [2.24, 2.45) is 0 Å². The average molecular weight is 271 g/mol. The Kier molecular flexibility index (Phi) is 2.75. The third kappa shape index (κ3) is 1.92. The van der Waals surface area contributed by atoms with Gasteiger partial charge in [0.2, 0.25) is 11.5 Å². The number of carboxylic acids is 1. The first kappa shape index (κ1) is 12.0. The number of hydrogen-bond acceptors (Lipinski definition) is 6. The Balaban J connectivity index is 2.12. The lowest BCUT2D eigenvalue weighted by Crippen LogP contribution is -2.04. The fourth-order valence-electron chi connectivity index (χ4n) is 1.78. The molecule has 0 aliphatic heterocycles. The van der Waals surface area contributed by atoms with Crippen molar-refractivity contribution >= 4 is 11.6 Å². The summed E-state index contributed by atoms with van der Waals surface area (Å²) < 4.78 is 6.99. The molecule has 8 nitrogen and oxygen atoms in total. The molecule has 0 atom stereocenters. The van der Waals surface area contributed by atoms with Crippen LogP contribution < -0.4 is 4.74 Å². The molecule has 8 heteroatoms. The number of carboxylic acid groups (broad SMARTS) is 1. The molecular formula is C12H9N5O3. The fourth-order valence-corrected chi connectivity index (χ4v) is 1.78. The monoisotopic (exact) mass is 271 g/mol. The summed E-state index contributed by atoms with van der Waals surface area (Å²) in [6.07, 6.45) is 2.89. The normalized spacial score (nSPS) is 10.7. The minimum atomic E-state index is -1.07. The van der Waals surface area contributed by atoms with E-state index in [9.17, 15) is 9.90 Å². The number of fused-ring (bicyclic) bond motifs is 1. The third-order valence-electron chi connectivity index (χ3n) is 2.73. The third-order valence-corrected chi connectivity index (χ3v) is 2.73. The molecule has 1 N–H and O–H groups in total. The Hall–Kier alpha value is -3.03. The van der Waals surface area contributed by atoms with E-state index in [1.165, 1.54) is 23.0 Å². The van der Waals surface area contributed by atoms with Gasteiger partial charge in [0.1, 0.15) is 11.3 Å². The molecule has 0 saturated heterocycles. The lowest BCUT2D eigenvalue weighted by atomic mass is 10.1. The second kappa shape index (κ2) is 4.57. The first-order valence-corrected chi connectivity index (χ1v) is 5.69. The standard InChI is InChI=1S/C12H9N5O3/c1-7-3-2-4-8(12(18)19)11(7)20-10-6-13-5-9-14-15-16-17(9)10/h2-6H,1H3,(H,18,19). The number of nitrogens with zero attached hydrogens (tertiary/aromatic N) is 5. The van der Waals surface area contributed by atoms with Crippen molar-refractivity contribution in [2.45, 2.75) is 6.92 Å². The molecule has 3 aromatic rings. The van der Waals surface area contributed by atoms with Crippen LogP contribution in [0.15, 0.2) is 30.6 Å². The number of hydrogen-bond donors (Lipinski definition) is 1. The van der Waals surface area contributed by atoms with E-state index in [1.54, 1.807) is 19.1 Å². The largest absolute Gasteiger partial charge is 0.478 e. The quantitative estimate of drug-likeness (QED) is 0.766. The van der Waals surface area contributed by atoms with Gasteiger partial charge in [-0.15, -0.1) is 5.10 Å². The van der Waals surface area contributed by atoms with Crippen molar-refractivity contribution < 1.29 is 14.6 Å². The Morgan fingerprint density at radius 1 is 1.35 bits per heavy atom. The lowest BCUT2D eigenvalue weighted by Gasteiger charge is -2.11. The zero-order valence-corrected chi connectivity index (χ0v) is 10.4. The number of rotatable bonds is 3. The SMILES string of the molecule is Cc1cccc(C(=O)O)c1Oc1cncc2nnnn12. The zero-order valence-electron chi connectivity index (χ0n) is 10.4. The Labute approximate surface area is 112 Å². The molecule has 2 aromatic heterocycles. The van der Waals surface area contributed by atoms with Gasteiger partial charge in [0.05, 0.1) is 12.4 Å². The maximum Gasteiger partial charge on any atom is 0.339 e. The first-order valence-electron chi connectivity index (χ1n) is 5.69. The molecule has 0 bridgehead atoms. The van der Waals surface area contributed by atoms with Crippen LogP contribution >= 0.6 is 0 Å². The van der Waals surface area contributed by atoms with Crippen LogP contribution in [0.25, 0.3) is 5.65 Å². The van der Waals surface area contributed by atoms with Crippen molar-refractivity contribution in [1.82, 2.24) is 25.0 Å². The molecule has 3 rings (SSSR count). The summed E-state index contributed by atoms with van der Waals surface area (Å²) in [5.74, 6) is -0.588. The van der Waals surface area contributed by atoms with Gasteiger partial charge in [0.15, 0.2) is 0 Å². The van der Waals surface area contributed by atoms with E-state index in [0.29, 0.717) is 11.2 Å². The van der Waals surface area contributed by atoms with E-state index >= 15 is 0 Å². The molecule has 2 heterocycles. The van der Waals surface area contributed by atoms with E-state index in [-0.39, 0.29) is 17.2 Å². The van der Waals surface area contributed by atoms with Gasteiger partial charge >= 0.3 is 5.97 Å². The van der Waals surface area contributed by atoms with Crippen LogP contribution in [0.2, 0.25) is 0 Å². The van der Waals surface area contributed by atoms with Crippen molar-refractivity contribution in [3.63, 3.8) is 0 Å². The number of aromatic nitrogens is 5. The number of aryl methyl sites for hydroxylation is 1. The molecule has 0 saturated carbocycles. The van der Waals surface area contributed by atoms with Crippen molar-refractivity contribution in [3.8, 4) is 11.6 Å². The van der Waals surface area contributed by atoms with Crippen LogP contribution in [0.3, 0.4) is 0 Å². The Morgan fingerprint density at radius 2 is 2.20 bits per heavy atom. The van der Waals surface area contributed by atoms with Gasteiger partial charge in [0.25, 0.3) is 0 Å². The minimum absolute atomic E-state index is 0.0649. The summed E-state index contributed by atoms with van der Waals surface area (Å²) in [5.41, 5.74) is 1.16. The summed E-state index contributed by atoms with van der Waals surface area (Å²) in [5, 5.41) is 20.2. The summed E-state index contributed by atoms with van der Waals surface area (Å²) >= 11 is 0. The molecule has 0 amide bonds. The highest BCUT2D eigenvalue weighted by molar-refractivity contribution is 5.91. The fraction of sp³-hybridized carbons (Fsp3) is 0.0833. The van der Waals surface area contributed by atoms with E-state index in [4.69, 9.17) is 4.74 Å². The maximum atomic E-state index is 11.2. The number of para-hydroxylation sites is 1. The van der Waals surface area contributed by atoms with Gasteiger partial charge in [-0.2, -0.15) is 4.52 Å². The molecular weight excluding hydrogens is 262 g/mol. The van der Waals surface area contributed by atoms with Crippen molar-refractivity contribution in [2.75, 3.05) is 0 Å². The van der Waals surface area contributed by atoms with Gasteiger partial charge in [-0.05, 0) is 29.0 Å². The molecule has 0 unspecified atom stereocenters. The molecule has 0 spiro atoms. The summed E-state index contributed by atoms with van der Waals surface area (Å²) in [6.45, 7) is 1.76. The minimum Gasteiger partial charge on any atom is -0.478 e.